The topological polar surface area (TPSA) is 12.9 Å². The molecular weight excluding hydrogens is 213 g/mol. The molecule has 88 valence electrons. The minimum Gasteiger partial charge on any atom is -0.262 e. The van der Waals surface area contributed by atoms with Crippen molar-refractivity contribution in [2.75, 3.05) is 0 Å². The third kappa shape index (κ3) is 2.36. The summed E-state index contributed by atoms with van der Waals surface area (Å²) in [5.74, 6) is -0.123. The molecule has 1 aromatic carbocycles. The number of aryl methyl sites for hydroxylation is 3. The van der Waals surface area contributed by atoms with Gasteiger partial charge in [-0.2, -0.15) is 0 Å². The molecular formula is C15H16FN. The van der Waals surface area contributed by atoms with E-state index in [2.05, 4.69) is 4.98 Å². The van der Waals surface area contributed by atoms with Crippen LogP contribution in [0.4, 0.5) is 4.39 Å². The molecule has 1 aromatic heterocycles. The second kappa shape index (κ2) is 4.66. The van der Waals surface area contributed by atoms with Gasteiger partial charge in [0.2, 0.25) is 0 Å². The van der Waals surface area contributed by atoms with Crippen molar-refractivity contribution in [1.82, 2.24) is 4.98 Å². The molecule has 0 aliphatic rings. The van der Waals surface area contributed by atoms with Crippen LogP contribution in [0.3, 0.4) is 0 Å². The number of pyridine rings is 1. The van der Waals surface area contributed by atoms with Gasteiger partial charge in [-0.15, -0.1) is 0 Å². The van der Waals surface area contributed by atoms with E-state index in [0.29, 0.717) is 0 Å². The highest BCUT2D eigenvalue weighted by Gasteiger charge is 2.08. The molecule has 0 N–H and O–H groups in total. The number of halogens is 1. The fourth-order valence-corrected chi connectivity index (χ4v) is 2.04. The Labute approximate surface area is 101 Å². The number of nitrogens with zero attached hydrogens (tertiary/aromatic N) is 1. The summed E-state index contributed by atoms with van der Waals surface area (Å²) in [4.78, 5) is 4.16. The maximum absolute atomic E-state index is 13.8. The Kier molecular flexibility index (Phi) is 3.23. The molecule has 2 rings (SSSR count). The van der Waals surface area contributed by atoms with Crippen molar-refractivity contribution in [2.24, 2.45) is 0 Å². The molecule has 0 bridgehead atoms. The lowest BCUT2D eigenvalue weighted by Gasteiger charge is -2.09. The van der Waals surface area contributed by atoms with Gasteiger partial charge in [0.25, 0.3) is 0 Å². The van der Waals surface area contributed by atoms with E-state index in [1.54, 1.807) is 12.3 Å². The highest BCUT2D eigenvalue weighted by Crippen LogP contribution is 2.26. The van der Waals surface area contributed by atoms with Crippen molar-refractivity contribution in [3.63, 3.8) is 0 Å². The fourth-order valence-electron chi connectivity index (χ4n) is 2.04. The zero-order valence-electron chi connectivity index (χ0n) is 10.4. The lowest BCUT2D eigenvalue weighted by atomic mass is 9.97. The Morgan fingerprint density at radius 2 is 1.94 bits per heavy atom. The molecule has 0 fully saturated rings. The Hall–Kier alpha value is -1.70. The first-order valence-corrected chi connectivity index (χ1v) is 5.84. The van der Waals surface area contributed by atoms with Crippen molar-refractivity contribution in [1.29, 1.82) is 0 Å². The highest BCUT2D eigenvalue weighted by atomic mass is 19.1. The van der Waals surface area contributed by atoms with Gasteiger partial charge in [-0.25, -0.2) is 4.39 Å². The Balaban J connectivity index is 2.56. The van der Waals surface area contributed by atoms with E-state index in [4.69, 9.17) is 0 Å². The zero-order valence-corrected chi connectivity index (χ0v) is 10.4. The summed E-state index contributed by atoms with van der Waals surface area (Å²) in [7, 11) is 0. The summed E-state index contributed by atoms with van der Waals surface area (Å²) >= 11 is 0. The summed E-state index contributed by atoms with van der Waals surface area (Å²) in [5.41, 5.74) is 4.80. The van der Waals surface area contributed by atoms with Crippen molar-refractivity contribution >= 4 is 0 Å². The van der Waals surface area contributed by atoms with Gasteiger partial charge in [-0.05, 0) is 60.7 Å². The highest BCUT2D eigenvalue weighted by molar-refractivity contribution is 5.67. The van der Waals surface area contributed by atoms with Crippen molar-refractivity contribution in [2.45, 2.75) is 27.2 Å². The van der Waals surface area contributed by atoms with Crippen LogP contribution >= 0.6 is 0 Å². The average Bonchev–Trinajstić information content (AvgIpc) is 2.31. The van der Waals surface area contributed by atoms with Gasteiger partial charge in [0.1, 0.15) is 5.82 Å². The first-order valence-electron chi connectivity index (χ1n) is 5.84. The molecule has 17 heavy (non-hydrogen) atoms. The van der Waals surface area contributed by atoms with Crippen LogP contribution in [0.2, 0.25) is 0 Å². The molecule has 0 amide bonds. The van der Waals surface area contributed by atoms with Crippen LogP contribution in [0, 0.1) is 19.7 Å². The number of benzene rings is 1. The third-order valence-corrected chi connectivity index (χ3v) is 2.98. The quantitative estimate of drug-likeness (QED) is 0.756. The third-order valence-electron chi connectivity index (χ3n) is 2.98. The Morgan fingerprint density at radius 1 is 1.18 bits per heavy atom. The summed E-state index contributed by atoms with van der Waals surface area (Å²) in [5, 5.41) is 0. The van der Waals surface area contributed by atoms with E-state index >= 15 is 0 Å². The van der Waals surface area contributed by atoms with Crippen molar-refractivity contribution in [3.8, 4) is 11.1 Å². The standard InChI is InChI=1S/C15H16FN/c1-4-12-7-10(2)14(9-15(12)16)13-5-6-17-11(3)8-13/h5-9H,4H2,1-3H3. The van der Waals surface area contributed by atoms with Crippen LogP contribution < -0.4 is 0 Å². The van der Waals surface area contributed by atoms with E-state index < -0.39 is 0 Å². The van der Waals surface area contributed by atoms with Gasteiger partial charge >= 0.3 is 0 Å². The minimum atomic E-state index is -0.123. The molecule has 1 heterocycles. The minimum absolute atomic E-state index is 0.123. The summed E-state index contributed by atoms with van der Waals surface area (Å²) in [6, 6.07) is 7.46. The molecule has 1 nitrogen and oxygen atoms in total. The lowest BCUT2D eigenvalue weighted by Crippen LogP contribution is -1.93. The van der Waals surface area contributed by atoms with Gasteiger partial charge in [-0.1, -0.05) is 13.0 Å². The Morgan fingerprint density at radius 3 is 2.59 bits per heavy atom. The maximum atomic E-state index is 13.8. The number of hydrogen-bond acceptors (Lipinski definition) is 1. The molecule has 0 aliphatic carbocycles. The molecule has 0 aliphatic heterocycles. The predicted molar refractivity (Wildman–Crippen MR) is 68.5 cm³/mol. The van der Waals surface area contributed by atoms with Crippen LogP contribution in [0.5, 0.6) is 0 Å². The molecule has 2 heteroatoms. The van der Waals surface area contributed by atoms with Gasteiger partial charge in [-0.3, -0.25) is 4.98 Å². The van der Waals surface area contributed by atoms with E-state index in [-0.39, 0.29) is 5.82 Å². The second-order valence-corrected chi connectivity index (χ2v) is 4.30. The largest absolute Gasteiger partial charge is 0.262 e. The van der Waals surface area contributed by atoms with Crippen molar-refractivity contribution < 1.29 is 4.39 Å². The van der Waals surface area contributed by atoms with Gasteiger partial charge in [0, 0.05) is 11.9 Å². The first kappa shape index (κ1) is 11.8. The molecule has 0 spiro atoms. The fraction of sp³-hybridized carbons (Fsp3) is 0.267. The van der Waals surface area contributed by atoms with Crippen LogP contribution in [0.15, 0.2) is 30.5 Å². The normalized spacial score (nSPS) is 10.6. The van der Waals surface area contributed by atoms with Crippen LogP contribution in [-0.2, 0) is 6.42 Å². The van der Waals surface area contributed by atoms with Gasteiger partial charge in [0.05, 0.1) is 0 Å². The van der Waals surface area contributed by atoms with E-state index in [1.807, 2.05) is 39.0 Å². The zero-order chi connectivity index (χ0) is 12.4. The summed E-state index contributed by atoms with van der Waals surface area (Å²) in [6.45, 7) is 5.92. The SMILES string of the molecule is CCc1cc(C)c(-c2ccnc(C)c2)cc1F. The molecule has 2 aromatic rings. The van der Waals surface area contributed by atoms with Gasteiger partial charge < -0.3 is 0 Å². The van der Waals surface area contributed by atoms with Crippen LogP contribution in [0.25, 0.3) is 11.1 Å². The predicted octanol–water partition coefficient (Wildman–Crippen LogP) is 4.07. The monoisotopic (exact) mass is 229 g/mol. The van der Waals surface area contributed by atoms with E-state index in [9.17, 15) is 4.39 Å². The molecule has 0 saturated heterocycles. The van der Waals surface area contributed by atoms with Crippen molar-refractivity contribution in [3.05, 3.63) is 53.1 Å². The maximum Gasteiger partial charge on any atom is 0.127 e. The molecule has 0 atom stereocenters. The molecule has 0 unspecified atom stereocenters. The van der Waals surface area contributed by atoms with Gasteiger partial charge in [0.15, 0.2) is 0 Å². The lowest BCUT2D eigenvalue weighted by molar-refractivity contribution is 0.612. The number of aromatic nitrogens is 1. The average molecular weight is 229 g/mol. The van der Waals surface area contributed by atoms with E-state index in [1.165, 1.54) is 0 Å². The Bertz CT molecular complexity index is 547. The summed E-state index contributed by atoms with van der Waals surface area (Å²) in [6.07, 6.45) is 2.48. The smallest absolute Gasteiger partial charge is 0.127 e. The van der Waals surface area contributed by atoms with Crippen LogP contribution in [0.1, 0.15) is 23.7 Å². The first-order chi connectivity index (χ1) is 8.11. The number of rotatable bonds is 2. The van der Waals surface area contributed by atoms with E-state index in [0.717, 1.165) is 34.4 Å². The summed E-state index contributed by atoms with van der Waals surface area (Å²) < 4.78 is 13.8. The van der Waals surface area contributed by atoms with Crippen LogP contribution in [-0.4, -0.2) is 4.98 Å². The number of hydrogen-bond donors (Lipinski definition) is 0. The molecule has 0 radical (unpaired) electrons. The molecule has 0 saturated carbocycles. The second-order valence-electron chi connectivity index (χ2n) is 4.30.